The Morgan fingerprint density at radius 1 is 0.917 bits per heavy atom. The van der Waals surface area contributed by atoms with Crippen LogP contribution in [0.3, 0.4) is 0 Å². The van der Waals surface area contributed by atoms with E-state index < -0.39 is 17.7 Å². The van der Waals surface area contributed by atoms with Crippen molar-refractivity contribution in [2.75, 3.05) is 12.0 Å². The molecule has 1 unspecified atom stereocenters. The van der Waals surface area contributed by atoms with Crippen LogP contribution in [0.15, 0.2) is 66.2 Å². The second-order valence-corrected chi connectivity index (χ2v) is 10.3. The lowest BCUT2D eigenvalue weighted by Gasteiger charge is -2.26. The van der Waals surface area contributed by atoms with Gasteiger partial charge in [-0.3, -0.25) is 14.5 Å². The lowest BCUT2D eigenvalue weighted by Crippen LogP contribution is -2.29. The molecule has 1 aliphatic heterocycles. The van der Waals surface area contributed by atoms with Crippen LogP contribution in [0.4, 0.5) is 5.69 Å². The maximum absolute atomic E-state index is 13.4. The summed E-state index contributed by atoms with van der Waals surface area (Å²) in [5.41, 5.74) is 4.04. The molecule has 6 nitrogen and oxygen atoms in total. The van der Waals surface area contributed by atoms with E-state index in [0.717, 1.165) is 16.7 Å². The van der Waals surface area contributed by atoms with Crippen molar-refractivity contribution < 1.29 is 24.5 Å². The van der Waals surface area contributed by atoms with Crippen molar-refractivity contribution in [1.29, 1.82) is 0 Å². The monoisotopic (exact) mass is 485 g/mol. The number of amides is 1. The number of aryl methyl sites for hydroxylation is 2. The molecule has 36 heavy (non-hydrogen) atoms. The van der Waals surface area contributed by atoms with E-state index in [2.05, 4.69) is 0 Å². The number of ketones is 1. The average Bonchev–Trinajstić information content (AvgIpc) is 3.08. The van der Waals surface area contributed by atoms with Crippen LogP contribution in [0.2, 0.25) is 0 Å². The second kappa shape index (κ2) is 9.19. The predicted molar refractivity (Wildman–Crippen MR) is 140 cm³/mol. The molecule has 1 fully saturated rings. The first-order chi connectivity index (χ1) is 16.9. The Labute approximate surface area is 211 Å². The number of phenolic OH excluding ortho intramolecular Hbond substituents is 1. The number of Topliss-reactive ketones (excluding diaryl/α,β-unsaturated/α-hetero) is 1. The summed E-state index contributed by atoms with van der Waals surface area (Å²) in [6.45, 7) is 9.94. The molecular formula is C30H31NO5. The quantitative estimate of drug-likeness (QED) is 0.271. The zero-order valence-electron chi connectivity index (χ0n) is 21.4. The number of carbonyl (C=O) groups is 2. The Balaban J connectivity index is 1.97. The van der Waals surface area contributed by atoms with Gasteiger partial charge in [0.25, 0.3) is 11.7 Å². The van der Waals surface area contributed by atoms with Crippen LogP contribution in [0.1, 0.15) is 54.6 Å². The van der Waals surface area contributed by atoms with E-state index in [1.54, 1.807) is 37.4 Å². The number of aliphatic hydroxyl groups excluding tert-OH is 1. The number of phenols is 1. The molecule has 0 radical (unpaired) electrons. The SMILES string of the molecule is COc1ccc(/C(O)=C2/C(=O)C(=O)N(c3cc(C)cc(C)c3)C2c2ccc(O)cc2)cc1C(C)(C)C. The highest BCUT2D eigenvalue weighted by Crippen LogP contribution is 2.43. The van der Waals surface area contributed by atoms with E-state index in [1.807, 2.05) is 52.8 Å². The molecule has 1 amide bonds. The van der Waals surface area contributed by atoms with Gasteiger partial charge in [0.15, 0.2) is 0 Å². The molecule has 186 valence electrons. The molecule has 0 bridgehead atoms. The molecule has 3 aromatic carbocycles. The van der Waals surface area contributed by atoms with E-state index in [1.165, 1.54) is 17.0 Å². The number of rotatable bonds is 4. The molecule has 3 aromatic rings. The van der Waals surface area contributed by atoms with Gasteiger partial charge in [0.1, 0.15) is 17.3 Å². The minimum atomic E-state index is -0.869. The number of ether oxygens (including phenoxy) is 1. The standard InChI is InChI=1S/C30H31NO5/c1-17-13-18(2)15-21(14-17)31-26(19-7-10-22(32)11-8-19)25(28(34)29(31)35)27(33)20-9-12-24(36-6)23(16-20)30(3,4)5/h7-16,26,32-33H,1-6H3/b27-25-. The second-order valence-electron chi connectivity index (χ2n) is 10.3. The van der Waals surface area contributed by atoms with Gasteiger partial charge in [-0.25, -0.2) is 0 Å². The number of nitrogens with zero attached hydrogens (tertiary/aromatic N) is 1. The van der Waals surface area contributed by atoms with Crippen molar-refractivity contribution in [2.45, 2.75) is 46.1 Å². The molecule has 0 aliphatic carbocycles. The van der Waals surface area contributed by atoms with Gasteiger partial charge < -0.3 is 14.9 Å². The Morgan fingerprint density at radius 3 is 2.08 bits per heavy atom. The molecule has 1 heterocycles. The molecule has 6 heteroatoms. The third kappa shape index (κ3) is 4.47. The summed E-state index contributed by atoms with van der Waals surface area (Å²) in [6, 6.07) is 16.4. The highest BCUT2D eigenvalue weighted by molar-refractivity contribution is 6.51. The van der Waals surface area contributed by atoms with Crippen LogP contribution in [-0.4, -0.2) is 29.0 Å². The van der Waals surface area contributed by atoms with Gasteiger partial charge in [-0.1, -0.05) is 39.0 Å². The van der Waals surface area contributed by atoms with Gasteiger partial charge in [0, 0.05) is 16.8 Å². The largest absolute Gasteiger partial charge is 0.508 e. The van der Waals surface area contributed by atoms with Crippen LogP contribution in [0.5, 0.6) is 11.5 Å². The van der Waals surface area contributed by atoms with Gasteiger partial charge in [-0.2, -0.15) is 0 Å². The van der Waals surface area contributed by atoms with E-state index >= 15 is 0 Å². The van der Waals surface area contributed by atoms with Gasteiger partial charge in [-0.05, 0) is 78.4 Å². The van der Waals surface area contributed by atoms with E-state index in [4.69, 9.17) is 4.74 Å². The van der Waals surface area contributed by atoms with Crippen LogP contribution in [-0.2, 0) is 15.0 Å². The maximum Gasteiger partial charge on any atom is 0.300 e. The van der Waals surface area contributed by atoms with E-state index in [-0.39, 0.29) is 22.5 Å². The maximum atomic E-state index is 13.4. The van der Waals surface area contributed by atoms with Crippen molar-refractivity contribution in [3.05, 3.63) is 94.1 Å². The van der Waals surface area contributed by atoms with Gasteiger partial charge in [0.05, 0.1) is 18.7 Å². The number of aromatic hydroxyl groups is 1. The molecule has 0 spiro atoms. The number of hydrogen-bond acceptors (Lipinski definition) is 5. The zero-order chi connectivity index (χ0) is 26.4. The summed E-state index contributed by atoms with van der Waals surface area (Å²) in [5.74, 6) is -1.01. The van der Waals surface area contributed by atoms with Crippen molar-refractivity contribution in [2.24, 2.45) is 0 Å². The average molecular weight is 486 g/mol. The molecule has 1 saturated heterocycles. The number of carbonyl (C=O) groups excluding carboxylic acids is 2. The first-order valence-electron chi connectivity index (χ1n) is 11.8. The summed E-state index contributed by atoms with van der Waals surface area (Å²) in [4.78, 5) is 28.3. The van der Waals surface area contributed by atoms with E-state index in [9.17, 15) is 19.8 Å². The molecule has 2 N–H and O–H groups in total. The third-order valence-electron chi connectivity index (χ3n) is 6.42. The molecule has 1 aliphatic rings. The van der Waals surface area contributed by atoms with Crippen LogP contribution in [0, 0.1) is 13.8 Å². The molecule has 0 aromatic heterocycles. The first kappa shape index (κ1) is 25.0. The normalized spacial score (nSPS) is 17.5. The summed E-state index contributed by atoms with van der Waals surface area (Å²) in [7, 11) is 1.59. The Hall–Kier alpha value is -4.06. The predicted octanol–water partition coefficient (Wildman–Crippen LogP) is 5.94. The fourth-order valence-electron chi connectivity index (χ4n) is 4.76. The summed E-state index contributed by atoms with van der Waals surface area (Å²) < 4.78 is 5.52. The lowest BCUT2D eigenvalue weighted by molar-refractivity contribution is -0.132. The zero-order valence-corrected chi connectivity index (χ0v) is 21.4. The van der Waals surface area contributed by atoms with Crippen LogP contribution >= 0.6 is 0 Å². The van der Waals surface area contributed by atoms with Crippen molar-refractivity contribution in [3.63, 3.8) is 0 Å². The topological polar surface area (TPSA) is 87.1 Å². The fraction of sp³-hybridized carbons (Fsp3) is 0.267. The summed E-state index contributed by atoms with van der Waals surface area (Å²) >= 11 is 0. The molecule has 0 saturated carbocycles. The lowest BCUT2D eigenvalue weighted by atomic mass is 9.84. The smallest absolute Gasteiger partial charge is 0.300 e. The Kier molecular flexibility index (Phi) is 6.39. The molecular weight excluding hydrogens is 454 g/mol. The highest BCUT2D eigenvalue weighted by Gasteiger charge is 2.47. The number of anilines is 1. The van der Waals surface area contributed by atoms with Crippen molar-refractivity contribution in [3.8, 4) is 11.5 Å². The molecule has 1 atom stereocenters. The van der Waals surface area contributed by atoms with Crippen molar-refractivity contribution >= 4 is 23.1 Å². The van der Waals surface area contributed by atoms with Crippen LogP contribution in [0.25, 0.3) is 5.76 Å². The Bertz CT molecular complexity index is 1360. The minimum absolute atomic E-state index is 0.00475. The van der Waals surface area contributed by atoms with Gasteiger partial charge >= 0.3 is 0 Å². The minimum Gasteiger partial charge on any atom is -0.508 e. The molecule has 4 rings (SSSR count). The summed E-state index contributed by atoms with van der Waals surface area (Å²) in [5, 5.41) is 21.4. The van der Waals surface area contributed by atoms with Gasteiger partial charge in [0.2, 0.25) is 0 Å². The summed E-state index contributed by atoms with van der Waals surface area (Å²) in [6.07, 6.45) is 0. The first-order valence-corrected chi connectivity index (χ1v) is 11.8. The number of methoxy groups -OCH3 is 1. The number of benzene rings is 3. The van der Waals surface area contributed by atoms with E-state index in [0.29, 0.717) is 22.6 Å². The fourth-order valence-corrected chi connectivity index (χ4v) is 4.76. The van der Waals surface area contributed by atoms with Crippen molar-refractivity contribution in [1.82, 2.24) is 0 Å². The van der Waals surface area contributed by atoms with Crippen LogP contribution < -0.4 is 9.64 Å². The highest BCUT2D eigenvalue weighted by atomic mass is 16.5. The number of aliphatic hydroxyl groups is 1. The van der Waals surface area contributed by atoms with Gasteiger partial charge in [-0.15, -0.1) is 0 Å². The number of hydrogen-bond donors (Lipinski definition) is 2. The third-order valence-corrected chi connectivity index (χ3v) is 6.42. The Morgan fingerprint density at radius 2 is 1.53 bits per heavy atom.